The van der Waals surface area contributed by atoms with Gasteiger partial charge in [-0.25, -0.2) is 0 Å². The first-order chi connectivity index (χ1) is 7.04. The molecule has 0 aliphatic carbocycles. The van der Waals surface area contributed by atoms with Gasteiger partial charge < -0.3 is 5.11 Å². The molecule has 0 aliphatic heterocycles. The van der Waals surface area contributed by atoms with Crippen LogP contribution in [0.3, 0.4) is 0 Å². The summed E-state index contributed by atoms with van der Waals surface area (Å²) in [5, 5.41) is 10.1. The number of benzene rings is 1. The van der Waals surface area contributed by atoms with Crippen LogP contribution in [0.15, 0.2) is 22.7 Å². The Labute approximate surface area is 101 Å². The van der Waals surface area contributed by atoms with E-state index in [4.69, 9.17) is 0 Å². The Morgan fingerprint density at radius 3 is 2.53 bits per heavy atom. The third kappa shape index (κ3) is 3.62. The Morgan fingerprint density at radius 2 is 2.00 bits per heavy atom. The minimum atomic E-state index is -0.356. The Balaban J connectivity index is 2.91. The summed E-state index contributed by atoms with van der Waals surface area (Å²) in [6.45, 7) is 6.38. The first-order valence-electron chi connectivity index (χ1n) is 5.51. The predicted octanol–water partition coefficient (Wildman–Crippen LogP) is 4.09. The van der Waals surface area contributed by atoms with Crippen molar-refractivity contribution >= 4 is 15.9 Å². The van der Waals surface area contributed by atoms with Crippen LogP contribution < -0.4 is 0 Å². The Hall–Kier alpha value is -0.340. The molecule has 0 saturated heterocycles. The number of hydrogen-bond acceptors (Lipinski definition) is 1. The predicted molar refractivity (Wildman–Crippen MR) is 67.9 cm³/mol. The second kappa shape index (κ2) is 5.66. The van der Waals surface area contributed by atoms with Crippen molar-refractivity contribution in [3.05, 3.63) is 33.8 Å². The van der Waals surface area contributed by atoms with Crippen LogP contribution in [0.1, 0.15) is 44.4 Å². The van der Waals surface area contributed by atoms with Crippen LogP contribution in [0.2, 0.25) is 0 Å². The minimum Gasteiger partial charge on any atom is -0.388 e. The summed E-state index contributed by atoms with van der Waals surface area (Å²) in [4.78, 5) is 0. The van der Waals surface area contributed by atoms with Gasteiger partial charge in [-0.15, -0.1) is 0 Å². The quantitative estimate of drug-likeness (QED) is 0.874. The number of aryl methyl sites for hydroxylation is 1. The van der Waals surface area contributed by atoms with Gasteiger partial charge in [0.2, 0.25) is 0 Å². The molecule has 0 amide bonds. The van der Waals surface area contributed by atoms with Crippen molar-refractivity contribution in [1.29, 1.82) is 0 Å². The third-order valence-corrected chi connectivity index (χ3v) is 3.24. The first kappa shape index (κ1) is 12.7. The normalized spacial score (nSPS) is 13.2. The van der Waals surface area contributed by atoms with Crippen molar-refractivity contribution in [2.75, 3.05) is 0 Å². The van der Waals surface area contributed by atoms with Gasteiger partial charge in [0.25, 0.3) is 0 Å². The molecule has 1 atom stereocenters. The van der Waals surface area contributed by atoms with Gasteiger partial charge in [-0.2, -0.15) is 0 Å². The molecule has 0 aliphatic rings. The molecule has 1 N–H and O–H groups in total. The second-order valence-corrected chi connectivity index (χ2v) is 5.21. The monoisotopic (exact) mass is 270 g/mol. The standard InChI is InChI=1S/C13H19BrO/c1-4-10-5-6-12(14)11(8-10)13(15)7-9(2)3/h5-6,8-9,13,15H,4,7H2,1-3H3. The van der Waals surface area contributed by atoms with Crippen LogP contribution in [0.4, 0.5) is 0 Å². The van der Waals surface area contributed by atoms with Gasteiger partial charge in [0.15, 0.2) is 0 Å². The summed E-state index contributed by atoms with van der Waals surface area (Å²) in [6, 6.07) is 6.21. The molecule has 0 aromatic heterocycles. The van der Waals surface area contributed by atoms with E-state index in [0.29, 0.717) is 5.92 Å². The number of hydrogen-bond donors (Lipinski definition) is 1. The van der Waals surface area contributed by atoms with Crippen LogP contribution in [-0.4, -0.2) is 5.11 Å². The van der Waals surface area contributed by atoms with E-state index in [9.17, 15) is 5.11 Å². The van der Waals surface area contributed by atoms with Crippen molar-refractivity contribution in [3.63, 3.8) is 0 Å². The Morgan fingerprint density at radius 1 is 1.33 bits per heavy atom. The second-order valence-electron chi connectivity index (χ2n) is 4.35. The van der Waals surface area contributed by atoms with E-state index in [1.54, 1.807) is 0 Å². The van der Waals surface area contributed by atoms with Crippen LogP contribution in [0, 0.1) is 5.92 Å². The number of rotatable bonds is 4. The largest absolute Gasteiger partial charge is 0.388 e. The lowest BCUT2D eigenvalue weighted by Gasteiger charge is -2.16. The molecule has 0 radical (unpaired) electrons. The number of aliphatic hydroxyl groups is 1. The first-order valence-corrected chi connectivity index (χ1v) is 6.30. The fraction of sp³-hybridized carbons (Fsp3) is 0.538. The fourth-order valence-electron chi connectivity index (χ4n) is 1.64. The molecular weight excluding hydrogens is 252 g/mol. The molecule has 0 spiro atoms. The van der Waals surface area contributed by atoms with E-state index in [-0.39, 0.29) is 6.10 Å². The van der Waals surface area contributed by atoms with Gasteiger partial charge in [0.1, 0.15) is 0 Å². The summed E-state index contributed by atoms with van der Waals surface area (Å²) in [7, 11) is 0. The Kier molecular flexibility index (Phi) is 4.81. The molecule has 15 heavy (non-hydrogen) atoms. The summed E-state index contributed by atoms with van der Waals surface area (Å²) in [6.07, 6.45) is 1.46. The molecule has 1 rings (SSSR count). The van der Waals surface area contributed by atoms with Crippen LogP contribution >= 0.6 is 15.9 Å². The minimum absolute atomic E-state index is 0.356. The molecule has 1 aromatic carbocycles. The molecule has 0 fully saturated rings. The van der Waals surface area contributed by atoms with E-state index in [1.165, 1.54) is 5.56 Å². The number of halogens is 1. The van der Waals surface area contributed by atoms with Gasteiger partial charge in [-0.05, 0) is 36.0 Å². The van der Waals surface area contributed by atoms with Gasteiger partial charge in [0.05, 0.1) is 6.10 Å². The van der Waals surface area contributed by atoms with Crippen molar-refractivity contribution in [1.82, 2.24) is 0 Å². The topological polar surface area (TPSA) is 20.2 Å². The number of aliphatic hydroxyl groups excluding tert-OH is 1. The highest BCUT2D eigenvalue weighted by molar-refractivity contribution is 9.10. The lowest BCUT2D eigenvalue weighted by molar-refractivity contribution is 0.150. The maximum Gasteiger partial charge on any atom is 0.0803 e. The molecule has 0 saturated carbocycles. The van der Waals surface area contributed by atoms with Crippen molar-refractivity contribution in [2.24, 2.45) is 5.92 Å². The maximum atomic E-state index is 10.1. The Bertz CT molecular complexity index is 320. The highest BCUT2D eigenvalue weighted by Crippen LogP contribution is 2.28. The summed E-state index contributed by atoms with van der Waals surface area (Å²) >= 11 is 3.49. The summed E-state index contributed by atoms with van der Waals surface area (Å²) in [5.41, 5.74) is 2.29. The van der Waals surface area contributed by atoms with Crippen LogP contribution in [0.5, 0.6) is 0 Å². The van der Waals surface area contributed by atoms with Gasteiger partial charge >= 0.3 is 0 Å². The molecule has 1 aromatic rings. The van der Waals surface area contributed by atoms with Gasteiger partial charge in [0, 0.05) is 4.47 Å². The van der Waals surface area contributed by atoms with Crippen molar-refractivity contribution in [3.8, 4) is 0 Å². The van der Waals surface area contributed by atoms with E-state index in [2.05, 4.69) is 48.8 Å². The van der Waals surface area contributed by atoms with Crippen LogP contribution in [0.25, 0.3) is 0 Å². The fourth-order valence-corrected chi connectivity index (χ4v) is 2.15. The third-order valence-electron chi connectivity index (χ3n) is 2.52. The molecule has 2 heteroatoms. The van der Waals surface area contributed by atoms with E-state index in [1.807, 2.05) is 6.07 Å². The molecular formula is C13H19BrO. The lowest BCUT2D eigenvalue weighted by Crippen LogP contribution is -2.03. The maximum absolute atomic E-state index is 10.1. The highest BCUT2D eigenvalue weighted by atomic mass is 79.9. The van der Waals surface area contributed by atoms with E-state index in [0.717, 1.165) is 22.9 Å². The van der Waals surface area contributed by atoms with Gasteiger partial charge in [-0.3, -0.25) is 0 Å². The molecule has 0 bridgehead atoms. The summed E-state index contributed by atoms with van der Waals surface area (Å²) < 4.78 is 1.01. The van der Waals surface area contributed by atoms with Crippen LogP contribution in [-0.2, 0) is 6.42 Å². The molecule has 0 heterocycles. The zero-order valence-corrected chi connectivity index (χ0v) is 11.2. The van der Waals surface area contributed by atoms with E-state index < -0.39 is 0 Å². The van der Waals surface area contributed by atoms with Gasteiger partial charge in [-0.1, -0.05) is 48.8 Å². The average molecular weight is 271 g/mol. The highest BCUT2D eigenvalue weighted by Gasteiger charge is 2.13. The molecule has 84 valence electrons. The zero-order valence-electron chi connectivity index (χ0n) is 9.63. The average Bonchev–Trinajstić information content (AvgIpc) is 2.17. The zero-order chi connectivity index (χ0) is 11.4. The smallest absolute Gasteiger partial charge is 0.0803 e. The molecule has 1 unspecified atom stereocenters. The lowest BCUT2D eigenvalue weighted by atomic mass is 9.98. The molecule has 1 nitrogen and oxygen atoms in total. The SMILES string of the molecule is CCc1ccc(Br)c(C(O)CC(C)C)c1. The van der Waals surface area contributed by atoms with Crippen molar-refractivity contribution in [2.45, 2.75) is 39.7 Å². The van der Waals surface area contributed by atoms with E-state index >= 15 is 0 Å². The summed E-state index contributed by atoms with van der Waals surface area (Å²) in [5.74, 6) is 0.511. The van der Waals surface area contributed by atoms with Crippen molar-refractivity contribution < 1.29 is 5.11 Å².